The Labute approximate surface area is 161 Å². The molecule has 1 fully saturated rings. The van der Waals surface area contributed by atoms with Crippen LogP contribution in [0, 0.1) is 11.3 Å². The van der Waals surface area contributed by atoms with Gasteiger partial charge in [0, 0.05) is 19.5 Å². The van der Waals surface area contributed by atoms with Crippen molar-refractivity contribution in [2.45, 2.75) is 64.6 Å². The average molecular weight is 408 g/mol. The molecule has 0 saturated heterocycles. The Kier molecular flexibility index (Phi) is 8.70. The number of alkyl halides is 3. The molecule has 1 aliphatic rings. The van der Waals surface area contributed by atoms with Crippen LogP contribution in [0.3, 0.4) is 0 Å². The number of hydrogen-bond donors (Lipinski definition) is 3. The summed E-state index contributed by atoms with van der Waals surface area (Å²) in [4.78, 5) is 34.5. The Morgan fingerprint density at radius 3 is 2.61 bits per heavy atom. The lowest BCUT2D eigenvalue weighted by Gasteiger charge is -2.28. The molecule has 28 heavy (non-hydrogen) atoms. The first-order valence-corrected chi connectivity index (χ1v) is 9.06. The number of hydrogen-bond acceptors (Lipinski definition) is 6. The number of halogens is 3. The van der Waals surface area contributed by atoms with E-state index in [1.807, 2.05) is 6.92 Å². The molecule has 1 aliphatic carbocycles. The lowest BCUT2D eigenvalue weighted by Crippen LogP contribution is -2.38. The molecule has 0 aromatic heterocycles. The lowest BCUT2D eigenvalue weighted by molar-refractivity contribution is -0.205. The Morgan fingerprint density at radius 2 is 2.04 bits per heavy atom. The van der Waals surface area contributed by atoms with E-state index in [0.29, 0.717) is 25.8 Å². The molecule has 1 saturated carbocycles. The van der Waals surface area contributed by atoms with Gasteiger partial charge in [0.25, 0.3) is 0 Å². The minimum atomic E-state index is -5.23. The average Bonchev–Trinajstić information content (AvgIpc) is 3.01. The molecule has 0 radical (unpaired) electrons. The predicted molar refractivity (Wildman–Crippen MR) is 94.7 cm³/mol. The summed E-state index contributed by atoms with van der Waals surface area (Å²) in [5.74, 6) is 1.34. The highest BCUT2D eigenvalue weighted by atomic mass is 19.4. The summed E-state index contributed by atoms with van der Waals surface area (Å²) in [5, 5.41) is 8.86. The van der Waals surface area contributed by atoms with Crippen LogP contribution in [-0.4, -0.2) is 42.9 Å². The fourth-order valence-electron chi connectivity index (χ4n) is 3.34. The van der Waals surface area contributed by atoms with E-state index in [9.17, 15) is 27.6 Å². The van der Waals surface area contributed by atoms with Gasteiger partial charge in [0.05, 0.1) is 5.41 Å². The standard InChI is InChI=1S/C17H27F3N4O4/c1-11(5-8-22-12(2)25)3-6-16(7-4-13(9-16)23-10-24-21)14(26)28-15(27)17(18,19)20/h10-11,13H,3-9,21H2,1-2H3,(H,22,25)(H,23,24). The molecule has 0 aromatic rings. The summed E-state index contributed by atoms with van der Waals surface area (Å²) in [5.41, 5.74) is -1.19. The fraction of sp³-hybridized carbons (Fsp3) is 0.765. The molecule has 160 valence electrons. The SMILES string of the molecule is CC(=O)NCCC(C)CCC1(C(=O)OC(=O)C(F)(F)F)CCC(NC=NN)C1. The normalized spacial score (nSPS) is 23.4. The van der Waals surface area contributed by atoms with E-state index in [1.165, 1.54) is 13.3 Å². The van der Waals surface area contributed by atoms with Crippen molar-refractivity contribution in [2.75, 3.05) is 6.54 Å². The molecule has 4 N–H and O–H groups in total. The van der Waals surface area contributed by atoms with Gasteiger partial charge in [0.1, 0.15) is 6.34 Å². The molecular formula is C17H27F3N4O4. The third-order valence-electron chi connectivity index (χ3n) is 4.97. The Bertz CT molecular complexity index is 597. The van der Waals surface area contributed by atoms with E-state index in [2.05, 4.69) is 20.5 Å². The monoisotopic (exact) mass is 408 g/mol. The predicted octanol–water partition coefficient (Wildman–Crippen LogP) is 1.59. The number of ether oxygens (including phenoxy) is 1. The highest BCUT2D eigenvalue weighted by molar-refractivity contribution is 5.91. The van der Waals surface area contributed by atoms with E-state index in [-0.39, 0.29) is 37.1 Å². The van der Waals surface area contributed by atoms with Crippen LogP contribution in [0.25, 0.3) is 0 Å². The van der Waals surface area contributed by atoms with Crippen LogP contribution in [-0.2, 0) is 19.1 Å². The minimum Gasteiger partial charge on any atom is -0.386 e. The van der Waals surface area contributed by atoms with Crippen molar-refractivity contribution in [1.29, 1.82) is 0 Å². The first-order chi connectivity index (χ1) is 13.0. The number of nitrogens with two attached hydrogens (primary N) is 1. The summed E-state index contributed by atoms with van der Waals surface area (Å²) in [6, 6.07) is -0.212. The molecule has 11 heteroatoms. The summed E-state index contributed by atoms with van der Waals surface area (Å²) in [6.07, 6.45) is -1.51. The van der Waals surface area contributed by atoms with Crippen LogP contribution in [0.1, 0.15) is 52.4 Å². The van der Waals surface area contributed by atoms with Gasteiger partial charge in [0.2, 0.25) is 5.91 Å². The number of carbonyl (C=O) groups is 3. The van der Waals surface area contributed by atoms with Gasteiger partial charge < -0.3 is 21.2 Å². The fourth-order valence-corrected chi connectivity index (χ4v) is 3.34. The molecule has 3 unspecified atom stereocenters. The number of carbonyl (C=O) groups excluding carboxylic acids is 3. The number of hydrazone groups is 1. The van der Waals surface area contributed by atoms with Gasteiger partial charge in [-0.05, 0) is 44.4 Å². The number of esters is 2. The quantitative estimate of drug-likeness (QED) is 0.133. The first kappa shape index (κ1) is 23.7. The molecule has 3 atom stereocenters. The molecular weight excluding hydrogens is 381 g/mol. The van der Waals surface area contributed by atoms with Gasteiger partial charge in [-0.25, -0.2) is 4.79 Å². The summed E-state index contributed by atoms with van der Waals surface area (Å²) in [6.45, 7) is 3.80. The summed E-state index contributed by atoms with van der Waals surface area (Å²) < 4.78 is 41.6. The summed E-state index contributed by atoms with van der Waals surface area (Å²) >= 11 is 0. The second-order valence-corrected chi connectivity index (χ2v) is 7.26. The topological polar surface area (TPSA) is 123 Å². The number of rotatable bonds is 9. The third kappa shape index (κ3) is 7.35. The molecule has 8 nitrogen and oxygen atoms in total. The van der Waals surface area contributed by atoms with Crippen LogP contribution in [0.15, 0.2) is 5.10 Å². The van der Waals surface area contributed by atoms with Crippen LogP contribution in [0.4, 0.5) is 13.2 Å². The van der Waals surface area contributed by atoms with E-state index in [0.717, 1.165) is 0 Å². The van der Waals surface area contributed by atoms with E-state index in [4.69, 9.17) is 5.84 Å². The highest BCUT2D eigenvalue weighted by Crippen LogP contribution is 2.44. The number of nitrogens with one attached hydrogen (secondary N) is 2. The zero-order chi connectivity index (χ0) is 21.4. The minimum absolute atomic E-state index is 0.118. The van der Waals surface area contributed by atoms with Crippen LogP contribution in [0.2, 0.25) is 0 Å². The smallest absolute Gasteiger partial charge is 0.386 e. The number of amides is 1. The van der Waals surface area contributed by atoms with Gasteiger partial charge >= 0.3 is 18.1 Å². The maximum Gasteiger partial charge on any atom is 0.491 e. The third-order valence-corrected chi connectivity index (χ3v) is 4.97. The Morgan fingerprint density at radius 1 is 1.36 bits per heavy atom. The largest absolute Gasteiger partial charge is 0.491 e. The lowest BCUT2D eigenvalue weighted by atomic mass is 9.79. The maximum atomic E-state index is 12.5. The van der Waals surface area contributed by atoms with Crippen LogP contribution < -0.4 is 16.5 Å². The zero-order valence-electron chi connectivity index (χ0n) is 16.0. The summed E-state index contributed by atoms with van der Waals surface area (Å²) in [7, 11) is 0. The highest BCUT2D eigenvalue weighted by Gasteiger charge is 2.50. The van der Waals surface area contributed by atoms with E-state index >= 15 is 0 Å². The van der Waals surface area contributed by atoms with Crippen molar-refractivity contribution in [1.82, 2.24) is 10.6 Å². The Hall–Kier alpha value is -2.33. The van der Waals surface area contributed by atoms with Crippen molar-refractivity contribution in [3.05, 3.63) is 0 Å². The second-order valence-electron chi connectivity index (χ2n) is 7.26. The van der Waals surface area contributed by atoms with Crippen LogP contribution >= 0.6 is 0 Å². The first-order valence-electron chi connectivity index (χ1n) is 9.06. The van der Waals surface area contributed by atoms with Crippen LogP contribution in [0.5, 0.6) is 0 Å². The Balaban J connectivity index is 2.77. The van der Waals surface area contributed by atoms with Crippen molar-refractivity contribution < 1.29 is 32.3 Å². The van der Waals surface area contributed by atoms with Gasteiger partial charge in [-0.1, -0.05) is 6.92 Å². The molecule has 0 spiro atoms. The zero-order valence-corrected chi connectivity index (χ0v) is 16.0. The molecule has 0 bridgehead atoms. The van der Waals surface area contributed by atoms with E-state index < -0.39 is 23.5 Å². The van der Waals surface area contributed by atoms with Crippen molar-refractivity contribution in [3.8, 4) is 0 Å². The van der Waals surface area contributed by atoms with Gasteiger partial charge in [-0.15, -0.1) is 0 Å². The van der Waals surface area contributed by atoms with Gasteiger partial charge in [-0.3, -0.25) is 9.59 Å². The maximum absolute atomic E-state index is 12.5. The molecule has 0 aliphatic heterocycles. The molecule has 0 aromatic carbocycles. The molecule has 0 heterocycles. The van der Waals surface area contributed by atoms with Gasteiger partial charge in [0.15, 0.2) is 0 Å². The molecule has 1 amide bonds. The number of nitrogens with zero attached hydrogens (tertiary/aromatic N) is 1. The van der Waals surface area contributed by atoms with Crippen molar-refractivity contribution in [3.63, 3.8) is 0 Å². The van der Waals surface area contributed by atoms with Crippen molar-refractivity contribution >= 4 is 24.2 Å². The molecule has 1 rings (SSSR count). The van der Waals surface area contributed by atoms with Crippen molar-refractivity contribution in [2.24, 2.45) is 22.3 Å². The van der Waals surface area contributed by atoms with E-state index in [1.54, 1.807) is 0 Å². The second kappa shape index (κ2) is 10.3. The van der Waals surface area contributed by atoms with Gasteiger partial charge in [-0.2, -0.15) is 18.3 Å².